The first-order valence-electron chi connectivity index (χ1n) is 9.16. The Hall–Kier alpha value is -2.27. The number of aryl methyl sites for hydroxylation is 1. The summed E-state index contributed by atoms with van der Waals surface area (Å²) in [5.74, 6) is -0.651. The van der Waals surface area contributed by atoms with Crippen molar-refractivity contribution in [3.05, 3.63) is 64.8 Å². The van der Waals surface area contributed by atoms with Crippen LogP contribution in [0, 0.1) is 6.92 Å². The Morgan fingerprint density at radius 2 is 2.00 bits per heavy atom. The first-order valence-corrected chi connectivity index (χ1v) is 10.6. The summed E-state index contributed by atoms with van der Waals surface area (Å²) in [6.45, 7) is 4.10. The average molecular weight is 386 g/mol. The van der Waals surface area contributed by atoms with E-state index in [1.54, 1.807) is 11.8 Å². The monoisotopic (exact) mass is 385 g/mol. The SMILES string of the molecule is CCC1=CCC(c2ccccc2C)=C(C(=O)NC(CCSC)C(=O)O)C=C1. The highest BCUT2D eigenvalue weighted by molar-refractivity contribution is 7.98. The molecule has 0 aliphatic heterocycles. The molecule has 5 heteroatoms. The molecule has 1 atom stereocenters. The van der Waals surface area contributed by atoms with Crippen LogP contribution in [0.2, 0.25) is 0 Å². The van der Waals surface area contributed by atoms with Crippen LogP contribution in [-0.2, 0) is 9.59 Å². The molecule has 1 aromatic rings. The summed E-state index contributed by atoms with van der Waals surface area (Å²) in [6, 6.07) is 7.09. The van der Waals surface area contributed by atoms with Gasteiger partial charge in [-0.15, -0.1) is 0 Å². The van der Waals surface area contributed by atoms with Crippen LogP contribution in [-0.4, -0.2) is 35.0 Å². The van der Waals surface area contributed by atoms with Crippen molar-refractivity contribution in [3.8, 4) is 0 Å². The quantitative estimate of drug-likeness (QED) is 0.697. The summed E-state index contributed by atoms with van der Waals surface area (Å²) >= 11 is 1.57. The van der Waals surface area contributed by atoms with Gasteiger partial charge in [0.25, 0.3) is 5.91 Å². The molecule has 0 saturated heterocycles. The number of hydrogen-bond donors (Lipinski definition) is 2. The van der Waals surface area contributed by atoms with Gasteiger partial charge < -0.3 is 10.4 Å². The zero-order valence-electron chi connectivity index (χ0n) is 16.1. The Kier molecular flexibility index (Phi) is 7.92. The van der Waals surface area contributed by atoms with Gasteiger partial charge in [-0.1, -0.05) is 48.9 Å². The molecule has 1 amide bonds. The third-order valence-corrected chi connectivity index (χ3v) is 5.34. The molecule has 0 saturated carbocycles. The molecule has 2 rings (SSSR count). The number of carboxylic acid groups (broad SMARTS) is 1. The number of rotatable bonds is 8. The van der Waals surface area contributed by atoms with Gasteiger partial charge in [0.2, 0.25) is 0 Å². The van der Waals surface area contributed by atoms with Gasteiger partial charge in [-0.2, -0.15) is 11.8 Å². The van der Waals surface area contributed by atoms with E-state index < -0.39 is 12.0 Å². The van der Waals surface area contributed by atoms with Gasteiger partial charge in [0.15, 0.2) is 0 Å². The highest BCUT2D eigenvalue weighted by atomic mass is 32.2. The highest BCUT2D eigenvalue weighted by Crippen LogP contribution is 2.30. The van der Waals surface area contributed by atoms with E-state index in [0.717, 1.165) is 23.1 Å². The molecule has 1 aliphatic carbocycles. The average Bonchev–Trinajstić information content (AvgIpc) is 2.87. The molecule has 2 N–H and O–H groups in total. The molecule has 1 aromatic carbocycles. The first kappa shape index (κ1) is 21.0. The predicted molar refractivity (Wildman–Crippen MR) is 113 cm³/mol. The van der Waals surface area contributed by atoms with Crippen molar-refractivity contribution in [3.63, 3.8) is 0 Å². The smallest absolute Gasteiger partial charge is 0.326 e. The van der Waals surface area contributed by atoms with E-state index in [9.17, 15) is 14.7 Å². The Labute approximate surface area is 165 Å². The van der Waals surface area contributed by atoms with Gasteiger partial charge in [-0.05, 0) is 61.0 Å². The van der Waals surface area contributed by atoms with Crippen LogP contribution in [0.4, 0.5) is 0 Å². The molecule has 144 valence electrons. The molecule has 0 radical (unpaired) electrons. The van der Waals surface area contributed by atoms with E-state index in [-0.39, 0.29) is 5.91 Å². The van der Waals surface area contributed by atoms with Crippen molar-refractivity contribution >= 4 is 29.2 Å². The minimum absolute atomic E-state index is 0.330. The third kappa shape index (κ3) is 5.60. The van der Waals surface area contributed by atoms with Gasteiger partial charge in [0, 0.05) is 5.57 Å². The van der Waals surface area contributed by atoms with E-state index in [1.807, 2.05) is 49.6 Å². The maximum Gasteiger partial charge on any atom is 0.326 e. The van der Waals surface area contributed by atoms with Crippen molar-refractivity contribution in [2.45, 2.75) is 39.2 Å². The number of amides is 1. The predicted octanol–water partition coefficient (Wildman–Crippen LogP) is 4.37. The second kappa shape index (κ2) is 10.2. The lowest BCUT2D eigenvalue weighted by atomic mass is 9.93. The lowest BCUT2D eigenvalue weighted by Gasteiger charge is -2.17. The van der Waals surface area contributed by atoms with Crippen LogP contribution >= 0.6 is 11.8 Å². The number of aliphatic carboxylic acids is 1. The number of carbonyl (C=O) groups is 2. The summed E-state index contributed by atoms with van der Waals surface area (Å²) in [6.07, 6.45) is 9.78. The molecule has 0 spiro atoms. The fourth-order valence-electron chi connectivity index (χ4n) is 3.07. The molecule has 0 heterocycles. The zero-order valence-corrected chi connectivity index (χ0v) is 16.9. The number of carbonyl (C=O) groups excluding carboxylic acids is 1. The maximum absolute atomic E-state index is 13.0. The van der Waals surface area contributed by atoms with E-state index in [1.165, 1.54) is 5.57 Å². The van der Waals surface area contributed by atoms with Gasteiger partial charge in [0.05, 0.1) is 0 Å². The maximum atomic E-state index is 13.0. The molecule has 0 aromatic heterocycles. The van der Waals surface area contributed by atoms with Crippen molar-refractivity contribution in [2.24, 2.45) is 0 Å². The fourth-order valence-corrected chi connectivity index (χ4v) is 3.54. The van der Waals surface area contributed by atoms with Gasteiger partial charge >= 0.3 is 5.97 Å². The number of hydrogen-bond acceptors (Lipinski definition) is 3. The van der Waals surface area contributed by atoms with Crippen molar-refractivity contribution in [2.75, 3.05) is 12.0 Å². The largest absolute Gasteiger partial charge is 0.480 e. The van der Waals surface area contributed by atoms with E-state index in [2.05, 4.69) is 18.3 Å². The Morgan fingerprint density at radius 1 is 1.26 bits per heavy atom. The fraction of sp³-hybridized carbons (Fsp3) is 0.364. The number of carboxylic acids is 1. The van der Waals surface area contributed by atoms with Crippen LogP contribution < -0.4 is 5.32 Å². The second-order valence-electron chi connectivity index (χ2n) is 6.52. The summed E-state index contributed by atoms with van der Waals surface area (Å²) in [5.41, 5.74) is 4.76. The molecule has 0 fully saturated rings. The molecular weight excluding hydrogens is 358 g/mol. The highest BCUT2D eigenvalue weighted by Gasteiger charge is 2.23. The Morgan fingerprint density at radius 3 is 2.63 bits per heavy atom. The lowest BCUT2D eigenvalue weighted by Crippen LogP contribution is -2.41. The minimum atomic E-state index is -1.000. The third-order valence-electron chi connectivity index (χ3n) is 4.69. The van der Waals surface area contributed by atoms with E-state index >= 15 is 0 Å². The Balaban J connectivity index is 2.41. The minimum Gasteiger partial charge on any atom is -0.480 e. The molecule has 0 bridgehead atoms. The summed E-state index contributed by atoms with van der Waals surface area (Å²) in [4.78, 5) is 24.5. The standard InChI is InChI=1S/C22H27NO3S/c1-4-16-9-11-18(17-8-6-5-7-15(17)2)19(12-10-16)21(24)23-20(22(25)26)13-14-27-3/h5-10,12,20H,4,11,13-14H2,1-3H3,(H,23,24)(H,25,26). The van der Waals surface area contributed by atoms with Crippen LogP contribution in [0.1, 0.15) is 37.3 Å². The summed E-state index contributed by atoms with van der Waals surface area (Å²) in [5, 5.41) is 12.2. The van der Waals surface area contributed by atoms with E-state index in [0.29, 0.717) is 24.2 Å². The number of allylic oxidation sites excluding steroid dienone is 4. The van der Waals surface area contributed by atoms with Crippen LogP contribution in [0.5, 0.6) is 0 Å². The Bertz CT molecular complexity index is 793. The van der Waals surface area contributed by atoms with Gasteiger partial charge in [-0.3, -0.25) is 4.79 Å². The zero-order chi connectivity index (χ0) is 19.8. The number of benzene rings is 1. The van der Waals surface area contributed by atoms with Crippen molar-refractivity contribution < 1.29 is 14.7 Å². The number of thioether (sulfide) groups is 1. The molecule has 4 nitrogen and oxygen atoms in total. The van der Waals surface area contributed by atoms with Crippen LogP contribution in [0.15, 0.2) is 53.6 Å². The molecule has 1 aliphatic rings. The van der Waals surface area contributed by atoms with Gasteiger partial charge in [0.1, 0.15) is 6.04 Å². The van der Waals surface area contributed by atoms with E-state index in [4.69, 9.17) is 0 Å². The summed E-state index contributed by atoms with van der Waals surface area (Å²) in [7, 11) is 0. The van der Waals surface area contributed by atoms with Crippen LogP contribution in [0.3, 0.4) is 0 Å². The topological polar surface area (TPSA) is 66.4 Å². The molecular formula is C22H27NO3S. The first-order chi connectivity index (χ1) is 13.0. The van der Waals surface area contributed by atoms with Crippen LogP contribution in [0.25, 0.3) is 5.57 Å². The molecule has 1 unspecified atom stereocenters. The van der Waals surface area contributed by atoms with Gasteiger partial charge in [-0.25, -0.2) is 4.79 Å². The van der Waals surface area contributed by atoms with Crippen molar-refractivity contribution in [1.82, 2.24) is 5.32 Å². The lowest BCUT2D eigenvalue weighted by molar-refractivity contribution is -0.141. The second-order valence-corrected chi connectivity index (χ2v) is 7.51. The summed E-state index contributed by atoms with van der Waals surface area (Å²) < 4.78 is 0. The normalized spacial score (nSPS) is 15.1. The molecule has 27 heavy (non-hydrogen) atoms. The number of nitrogens with one attached hydrogen (secondary N) is 1. The van der Waals surface area contributed by atoms with Crippen molar-refractivity contribution in [1.29, 1.82) is 0 Å².